The van der Waals surface area contributed by atoms with E-state index in [1.165, 1.54) is 22.4 Å². The van der Waals surface area contributed by atoms with Crippen molar-refractivity contribution >= 4 is 5.69 Å². The summed E-state index contributed by atoms with van der Waals surface area (Å²) < 4.78 is 5.27. The molecule has 0 unspecified atom stereocenters. The standard InChI is InChI=1S/C14H22N2O/c1-10-4-12(3)13(5-11(10)2)16-7-14(6-15)8-17-9-14/h4-5,16H,6-9,15H2,1-3H3. The second kappa shape index (κ2) is 4.67. The third kappa shape index (κ3) is 2.45. The van der Waals surface area contributed by atoms with Crippen LogP contribution in [0.2, 0.25) is 0 Å². The highest BCUT2D eigenvalue weighted by atomic mass is 16.5. The van der Waals surface area contributed by atoms with Gasteiger partial charge in [0.2, 0.25) is 0 Å². The van der Waals surface area contributed by atoms with Gasteiger partial charge in [-0.2, -0.15) is 0 Å². The van der Waals surface area contributed by atoms with Crippen LogP contribution in [0, 0.1) is 26.2 Å². The SMILES string of the molecule is Cc1cc(C)c(NCC2(CN)COC2)cc1C. The molecule has 1 aromatic rings. The molecule has 1 saturated heterocycles. The van der Waals surface area contributed by atoms with E-state index in [1.54, 1.807) is 0 Å². The fourth-order valence-electron chi connectivity index (χ4n) is 2.12. The third-order valence-electron chi connectivity index (χ3n) is 3.74. The first kappa shape index (κ1) is 12.4. The predicted octanol–water partition coefficient (Wildman–Crippen LogP) is 2.00. The van der Waals surface area contributed by atoms with E-state index >= 15 is 0 Å². The third-order valence-corrected chi connectivity index (χ3v) is 3.74. The maximum atomic E-state index is 5.81. The highest BCUT2D eigenvalue weighted by Gasteiger charge is 2.37. The molecule has 0 bridgehead atoms. The number of hydrogen-bond acceptors (Lipinski definition) is 3. The normalized spacial score (nSPS) is 17.6. The first-order valence-corrected chi connectivity index (χ1v) is 6.16. The molecule has 0 radical (unpaired) electrons. The summed E-state index contributed by atoms with van der Waals surface area (Å²) in [5.74, 6) is 0. The summed E-state index contributed by atoms with van der Waals surface area (Å²) in [7, 11) is 0. The van der Waals surface area contributed by atoms with Gasteiger partial charge in [-0.1, -0.05) is 6.07 Å². The number of hydrogen-bond donors (Lipinski definition) is 2. The maximum Gasteiger partial charge on any atom is 0.0574 e. The zero-order valence-electron chi connectivity index (χ0n) is 11.0. The minimum Gasteiger partial charge on any atom is -0.384 e. The topological polar surface area (TPSA) is 47.3 Å². The van der Waals surface area contributed by atoms with E-state index in [4.69, 9.17) is 10.5 Å². The Bertz CT molecular complexity index is 405. The average molecular weight is 234 g/mol. The lowest BCUT2D eigenvalue weighted by atomic mass is 9.86. The summed E-state index contributed by atoms with van der Waals surface area (Å²) in [6, 6.07) is 4.44. The van der Waals surface area contributed by atoms with Crippen LogP contribution >= 0.6 is 0 Å². The molecule has 1 fully saturated rings. The Kier molecular flexibility index (Phi) is 3.40. The number of nitrogens with two attached hydrogens (primary N) is 1. The number of anilines is 1. The van der Waals surface area contributed by atoms with Gasteiger partial charge >= 0.3 is 0 Å². The summed E-state index contributed by atoms with van der Waals surface area (Å²) in [4.78, 5) is 0. The van der Waals surface area contributed by atoms with Gasteiger partial charge in [0.25, 0.3) is 0 Å². The molecule has 1 aliphatic heterocycles. The lowest BCUT2D eigenvalue weighted by Crippen LogP contribution is -2.52. The van der Waals surface area contributed by atoms with Gasteiger partial charge in [-0.25, -0.2) is 0 Å². The molecule has 3 heteroatoms. The molecule has 94 valence electrons. The Labute approximate surface area is 103 Å². The van der Waals surface area contributed by atoms with Crippen molar-refractivity contribution in [2.75, 3.05) is 31.6 Å². The van der Waals surface area contributed by atoms with E-state index in [9.17, 15) is 0 Å². The monoisotopic (exact) mass is 234 g/mol. The van der Waals surface area contributed by atoms with Gasteiger partial charge in [0.1, 0.15) is 0 Å². The number of benzene rings is 1. The molecular weight excluding hydrogens is 212 g/mol. The first-order valence-electron chi connectivity index (χ1n) is 6.16. The van der Waals surface area contributed by atoms with E-state index in [2.05, 4.69) is 38.2 Å². The van der Waals surface area contributed by atoms with Crippen LogP contribution in [0.5, 0.6) is 0 Å². The summed E-state index contributed by atoms with van der Waals surface area (Å²) in [5, 5.41) is 3.51. The van der Waals surface area contributed by atoms with Crippen LogP contribution in [0.15, 0.2) is 12.1 Å². The Morgan fingerprint density at radius 2 is 1.82 bits per heavy atom. The van der Waals surface area contributed by atoms with Gasteiger partial charge in [-0.05, 0) is 43.5 Å². The summed E-state index contributed by atoms with van der Waals surface area (Å²) in [6.07, 6.45) is 0. The van der Waals surface area contributed by atoms with Gasteiger partial charge < -0.3 is 15.8 Å². The average Bonchev–Trinajstić information content (AvgIpc) is 2.24. The molecule has 0 saturated carbocycles. The Morgan fingerprint density at radius 3 is 2.35 bits per heavy atom. The molecule has 0 amide bonds. The summed E-state index contributed by atoms with van der Waals surface area (Å²) >= 11 is 0. The van der Waals surface area contributed by atoms with Crippen molar-refractivity contribution in [2.45, 2.75) is 20.8 Å². The first-order chi connectivity index (χ1) is 8.06. The van der Waals surface area contributed by atoms with Crippen LogP contribution in [0.3, 0.4) is 0 Å². The van der Waals surface area contributed by atoms with Crippen molar-refractivity contribution in [3.8, 4) is 0 Å². The molecule has 0 aromatic heterocycles. The lowest BCUT2D eigenvalue weighted by Gasteiger charge is -2.40. The molecule has 0 atom stereocenters. The van der Waals surface area contributed by atoms with Crippen LogP contribution in [0.1, 0.15) is 16.7 Å². The zero-order valence-corrected chi connectivity index (χ0v) is 11.0. The van der Waals surface area contributed by atoms with Crippen molar-refractivity contribution in [3.05, 3.63) is 28.8 Å². The minimum atomic E-state index is 0.144. The Morgan fingerprint density at radius 1 is 1.18 bits per heavy atom. The highest BCUT2D eigenvalue weighted by Crippen LogP contribution is 2.28. The fraction of sp³-hybridized carbons (Fsp3) is 0.571. The molecule has 3 N–H and O–H groups in total. The van der Waals surface area contributed by atoms with Crippen molar-refractivity contribution in [1.29, 1.82) is 0 Å². The molecule has 17 heavy (non-hydrogen) atoms. The number of aryl methyl sites for hydroxylation is 3. The Balaban J connectivity index is 2.06. The molecule has 0 spiro atoms. The second-order valence-electron chi connectivity index (χ2n) is 5.30. The molecule has 1 aromatic carbocycles. The van der Waals surface area contributed by atoms with Crippen molar-refractivity contribution < 1.29 is 4.74 Å². The Hall–Kier alpha value is -1.06. The lowest BCUT2D eigenvalue weighted by molar-refractivity contribution is -0.0979. The van der Waals surface area contributed by atoms with Crippen molar-refractivity contribution in [3.63, 3.8) is 0 Å². The quantitative estimate of drug-likeness (QED) is 0.837. The number of ether oxygens (including phenoxy) is 1. The van der Waals surface area contributed by atoms with Crippen molar-refractivity contribution in [1.82, 2.24) is 0 Å². The molecule has 0 aliphatic carbocycles. The molecule has 1 heterocycles. The van der Waals surface area contributed by atoms with Gasteiger partial charge in [0.15, 0.2) is 0 Å². The summed E-state index contributed by atoms with van der Waals surface area (Å²) in [6.45, 7) is 9.57. The summed E-state index contributed by atoms with van der Waals surface area (Å²) in [5.41, 5.74) is 11.1. The van der Waals surface area contributed by atoms with Crippen molar-refractivity contribution in [2.24, 2.45) is 11.1 Å². The van der Waals surface area contributed by atoms with Crippen LogP contribution < -0.4 is 11.1 Å². The van der Waals surface area contributed by atoms with E-state index < -0.39 is 0 Å². The molecule has 3 nitrogen and oxygen atoms in total. The molecular formula is C14H22N2O. The van der Waals surface area contributed by atoms with Crippen LogP contribution in [0.25, 0.3) is 0 Å². The fourth-order valence-corrected chi connectivity index (χ4v) is 2.12. The molecule has 2 rings (SSSR count). The minimum absolute atomic E-state index is 0.144. The van der Waals surface area contributed by atoms with Crippen LogP contribution in [0.4, 0.5) is 5.69 Å². The van der Waals surface area contributed by atoms with Gasteiger partial charge in [0.05, 0.1) is 13.2 Å². The maximum absolute atomic E-state index is 5.81. The van der Waals surface area contributed by atoms with E-state index in [0.29, 0.717) is 6.54 Å². The number of rotatable bonds is 4. The van der Waals surface area contributed by atoms with Gasteiger partial charge in [-0.3, -0.25) is 0 Å². The smallest absolute Gasteiger partial charge is 0.0574 e. The van der Waals surface area contributed by atoms with E-state index in [1.807, 2.05) is 0 Å². The van der Waals surface area contributed by atoms with E-state index in [-0.39, 0.29) is 5.41 Å². The zero-order chi connectivity index (χ0) is 12.5. The van der Waals surface area contributed by atoms with Gasteiger partial charge in [0, 0.05) is 24.2 Å². The van der Waals surface area contributed by atoms with Crippen LogP contribution in [-0.2, 0) is 4.74 Å². The largest absolute Gasteiger partial charge is 0.384 e. The predicted molar refractivity (Wildman–Crippen MR) is 71.4 cm³/mol. The van der Waals surface area contributed by atoms with Gasteiger partial charge in [-0.15, -0.1) is 0 Å². The number of nitrogens with one attached hydrogen (secondary N) is 1. The van der Waals surface area contributed by atoms with E-state index in [0.717, 1.165) is 19.8 Å². The molecule has 1 aliphatic rings. The highest BCUT2D eigenvalue weighted by molar-refractivity contribution is 5.54. The van der Waals surface area contributed by atoms with Crippen LogP contribution in [-0.4, -0.2) is 26.3 Å². The second-order valence-corrected chi connectivity index (χ2v) is 5.30.